The molecule has 0 aliphatic heterocycles. The summed E-state index contributed by atoms with van der Waals surface area (Å²) in [7, 11) is 0. The molecule has 0 fully saturated rings. The largest absolute Gasteiger partial charge is 0.480 e. The summed E-state index contributed by atoms with van der Waals surface area (Å²) in [5.41, 5.74) is -0.103. The third-order valence-electron chi connectivity index (χ3n) is 2.42. The number of amides is 1. The van der Waals surface area contributed by atoms with Crippen LogP contribution in [0.15, 0.2) is 0 Å². The fraction of sp³-hybridized carbons (Fsp3) is 0.818. The minimum atomic E-state index is -1.06. The summed E-state index contributed by atoms with van der Waals surface area (Å²) in [5, 5.41) is 23.0. The zero-order valence-corrected chi connectivity index (χ0v) is 10.6. The van der Waals surface area contributed by atoms with Crippen LogP contribution in [0, 0.1) is 5.41 Å². The van der Waals surface area contributed by atoms with Crippen LogP contribution in [0.3, 0.4) is 0 Å². The van der Waals surface area contributed by atoms with Crippen molar-refractivity contribution < 1.29 is 19.8 Å². The number of hydrogen-bond acceptors (Lipinski definition) is 4. The van der Waals surface area contributed by atoms with Crippen molar-refractivity contribution in [3.05, 3.63) is 0 Å². The maximum absolute atomic E-state index is 10.8. The van der Waals surface area contributed by atoms with Gasteiger partial charge < -0.3 is 20.8 Å². The number of aliphatic carboxylic acids is 1. The molecule has 100 valence electrons. The SMILES string of the molecule is CC(=O)NC(CNCC(C)(C)CCO)C(=O)O. The predicted molar refractivity (Wildman–Crippen MR) is 63.6 cm³/mol. The first kappa shape index (κ1) is 15.9. The van der Waals surface area contributed by atoms with Crippen LogP contribution in [-0.2, 0) is 9.59 Å². The molecular formula is C11H22N2O4. The van der Waals surface area contributed by atoms with Gasteiger partial charge in [-0.2, -0.15) is 0 Å². The summed E-state index contributed by atoms with van der Waals surface area (Å²) in [6.45, 7) is 6.09. The average molecular weight is 246 g/mol. The Morgan fingerprint density at radius 1 is 1.35 bits per heavy atom. The summed E-state index contributed by atoms with van der Waals surface area (Å²) in [5.74, 6) is -1.43. The highest BCUT2D eigenvalue weighted by Gasteiger charge is 2.21. The molecule has 6 heteroatoms. The van der Waals surface area contributed by atoms with Crippen LogP contribution in [0.25, 0.3) is 0 Å². The Balaban J connectivity index is 4.06. The molecule has 1 unspecified atom stereocenters. The number of aliphatic hydroxyl groups is 1. The molecule has 0 heterocycles. The topological polar surface area (TPSA) is 98.7 Å². The second-order valence-corrected chi connectivity index (χ2v) is 4.86. The molecule has 0 saturated heterocycles. The number of hydrogen-bond donors (Lipinski definition) is 4. The van der Waals surface area contributed by atoms with Crippen molar-refractivity contribution in [1.82, 2.24) is 10.6 Å². The Kier molecular flexibility index (Phi) is 6.75. The van der Waals surface area contributed by atoms with Crippen molar-refractivity contribution in [1.29, 1.82) is 0 Å². The van der Waals surface area contributed by atoms with Gasteiger partial charge in [0.25, 0.3) is 0 Å². The lowest BCUT2D eigenvalue weighted by Crippen LogP contribution is -2.48. The van der Waals surface area contributed by atoms with Gasteiger partial charge in [-0.25, -0.2) is 4.79 Å². The second kappa shape index (κ2) is 7.24. The van der Waals surface area contributed by atoms with Gasteiger partial charge in [0.15, 0.2) is 0 Å². The molecule has 0 saturated carbocycles. The van der Waals surface area contributed by atoms with Gasteiger partial charge in [-0.05, 0) is 11.8 Å². The van der Waals surface area contributed by atoms with Gasteiger partial charge >= 0.3 is 5.97 Å². The number of carboxylic acid groups (broad SMARTS) is 1. The molecule has 1 amide bonds. The van der Waals surface area contributed by atoms with Gasteiger partial charge in [-0.3, -0.25) is 4.79 Å². The molecule has 17 heavy (non-hydrogen) atoms. The van der Waals surface area contributed by atoms with Gasteiger partial charge in [0.1, 0.15) is 6.04 Å². The normalized spacial score (nSPS) is 13.2. The van der Waals surface area contributed by atoms with Crippen LogP contribution in [0.1, 0.15) is 27.2 Å². The number of carboxylic acids is 1. The molecule has 0 aromatic rings. The molecular weight excluding hydrogens is 224 g/mol. The van der Waals surface area contributed by atoms with Crippen LogP contribution in [0.2, 0.25) is 0 Å². The minimum Gasteiger partial charge on any atom is -0.480 e. The van der Waals surface area contributed by atoms with Crippen LogP contribution in [0.4, 0.5) is 0 Å². The van der Waals surface area contributed by atoms with Gasteiger partial charge in [-0.1, -0.05) is 13.8 Å². The second-order valence-electron chi connectivity index (χ2n) is 4.86. The zero-order valence-electron chi connectivity index (χ0n) is 10.6. The molecule has 4 N–H and O–H groups in total. The highest BCUT2D eigenvalue weighted by atomic mass is 16.4. The lowest BCUT2D eigenvalue weighted by Gasteiger charge is -2.25. The Morgan fingerprint density at radius 3 is 2.35 bits per heavy atom. The Labute approximate surface area is 101 Å². The van der Waals surface area contributed by atoms with Crippen LogP contribution < -0.4 is 10.6 Å². The molecule has 1 atom stereocenters. The van der Waals surface area contributed by atoms with E-state index in [4.69, 9.17) is 10.2 Å². The van der Waals surface area contributed by atoms with E-state index < -0.39 is 12.0 Å². The van der Waals surface area contributed by atoms with Gasteiger partial charge in [0.05, 0.1) is 0 Å². The summed E-state index contributed by atoms with van der Waals surface area (Å²) in [4.78, 5) is 21.6. The third kappa shape index (κ3) is 7.70. The maximum Gasteiger partial charge on any atom is 0.327 e. The minimum absolute atomic E-state index is 0.0999. The van der Waals surface area contributed by atoms with E-state index in [0.29, 0.717) is 13.0 Å². The first-order chi connectivity index (χ1) is 7.78. The fourth-order valence-corrected chi connectivity index (χ4v) is 1.39. The van der Waals surface area contributed by atoms with Crippen molar-refractivity contribution >= 4 is 11.9 Å². The molecule has 0 radical (unpaired) electrons. The van der Waals surface area contributed by atoms with Crippen molar-refractivity contribution in [3.8, 4) is 0 Å². The van der Waals surface area contributed by atoms with E-state index in [0.717, 1.165) is 0 Å². The van der Waals surface area contributed by atoms with E-state index in [2.05, 4.69) is 10.6 Å². The van der Waals surface area contributed by atoms with Crippen LogP contribution >= 0.6 is 0 Å². The molecule has 0 rings (SSSR count). The fourth-order valence-electron chi connectivity index (χ4n) is 1.39. The molecule has 6 nitrogen and oxygen atoms in total. The van der Waals surface area contributed by atoms with E-state index in [1.165, 1.54) is 6.92 Å². The monoisotopic (exact) mass is 246 g/mol. The van der Waals surface area contributed by atoms with Gasteiger partial charge in [0, 0.05) is 26.6 Å². The number of carbonyl (C=O) groups excluding carboxylic acids is 1. The van der Waals surface area contributed by atoms with E-state index >= 15 is 0 Å². The van der Waals surface area contributed by atoms with E-state index in [1.54, 1.807) is 0 Å². The number of nitrogens with one attached hydrogen (secondary N) is 2. The standard InChI is InChI=1S/C11H22N2O4/c1-8(15)13-9(10(16)17)6-12-7-11(2,3)4-5-14/h9,12,14H,4-7H2,1-3H3,(H,13,15)(H,16,17). The lowest BCUT2D eigenvalue weighted by atomic mass is 9.90. The molecule has 0 bridgehead atoms. The summed E-state index contributed by atoms with van der Waals surface area (Å²) in [6.07, 6.45) is 0.637. The quantitative estimate of drug-likeness (QED) is 0.466. The van der Waals surface area contributed by atoms with Crippen molar-refractivity contribution in [2.75, 3.05) is 19.7 Å². The first-order valence-electron chi connectivity index (χ1n) is 5.60. The van der Waals surface area contributed by atoms with E-state index in [-0.39, 0.29) is 24.5 Å². The van der Waals surface area contributed by atoms with Crippen LogP contribution in [-0.4, -0.2) is 47.8 Å². The van der Waals surface area contributed by atoms with Crippen molar-refractivity contribution in [2.24, 2.45) is 5.41 Å². The van der Waals surface area contributed by atoms with Crippen molar-refractivity contribution in [3.63, 3.8) is 0 Å². The highest BCUT2D eigenvalue weighted by molar-refractivity contribution is 5.82. The molecule has 0 spiro atoms. The molecule has 0 aliphatic carbocycles. The maximum atomic E-state index is 10.8. The number of rotatable bonds is 8. The highest BCUT2D eigenvalue weighted by Crippen LogP contribution is 2.17. The lowest BCUT2D eigenvalue weighted by molar-refractivity contribution is -0.141. The smallest absolute Gasteiger partial charge is 0.327 e. The Morgan fingerprint density at radius 2 is 1.94 bits per heavy atom. The summed E-state index contributed by atoms with van der Waals surface area (Å²) >= 11 is 0. The van der Waals surface area contributed by atoms with Crippen LogP contribution in [0.5, 0.6) is 0 Å². The predicted octanol–water partition coefficient (Wildman–Crippen LogP) is -0.426. The van der Waals surface area contributed by atoms with Gasteiger partial charge in [0.2, 0.25) is 5.91 Å². The zero-order chi connectivity index (χ0) is 13.5. The van der Waals surface area contributed by atoms with E-state index in [9.17, 15) is 9.59 Å². The Hall–Kier alpha value is -1.14. The molecule has 0 aromatic heterocycles. The Bertz CT molecular complexity index is 266. The number of carbonyl (C=O) groups is 2. The summed E-state index contributed by atoms with van der Waals surface area (Å²) < 4.78 is 0. The number of aliphatic hydroxyl groups excluding tert-OH is 1. The first-order valence-corrected chi connectivity index (χ1v) is 5.60. The van der Waals surface area contributed by atoms with Gasteiger partial charge in [-0.15, -0.1) is 0 Å². The molecule has 0 aromatic carbocycles. The molecule has 0 aliphatic rings. The summed E-state index contributed by atoms with van der Waals surface area (Å²) in [6, 6.07) is -0.919. The van der Waals surface area contributed by atoms with E-state index in [1.807, 2.05) is 13.8 Å². The third-order valence-corrected chi connectivity index (χ3v) is 2.42. The average Bonchev–Trinajstić information content (AvgIpc) is 2.14. The van der Waals surface area contributed by atoms with Crippen molar-refractivity contribution in [2.45, 2.75) is 33.2 Å².